The van der Waals surface area contributed by atoms with Gasteiger partial charge in [0, 0.05) is 32.2 Å². The number of anilines is 2. The molecule has 0 radical (unpaired) electrons. The summed E-state index contributed by atoms with van der Waals surface area (Å²) in [4.78, 5) is 8.96. The van der Waals surface area contributed by atoms with Crippen LogP contribution in [-0.4, -0.2) is 36.8 Å². The lowest BCUT2D eigenvalue weighted by Gasteiger charge is -2.13. The first kappa shape index (κ1) is 13.7. The minimum absolute atomic E-state index is 0.668. The van der Waals surface area contributed by atoms with Crippen LogP contribution in [0.25, 0.3) is 0 Å². The third-order valence-corrected chi connectivity index (χ3v) is 2.45. The Bertz CT molecular complexity index is 355. The second kappa shape index (κ2) is 7.06. The lowest BCUT2D eigenvalue weighted by molar-refractivity contribution is 0.210. The molecule has 0 aliphatic rings. The molecule has 0 spiro atoms. The zero-order chi connectivity index (χ0) is 12.7. The molecule has 96 valence electrons. The fourth-order valence-corrected chi connectivity index (χ4v) is 1.50. The Morgan fingerprint density at radius 1 is 1.12 bits per heavy atom. The van der Waals surface area contributed by atoms with E-state index in [-0.39, 0.29) is 0 Å². The van der Waals surface area contributed by atoms with Crippen LogP contribution in [0.3, 0.4) is 0 Å². The van der Waals surface area contributed by atoms with Gasteiger partial charge in [-0.3, -0.25) is 0 Å². The molecule has 0 unspecified atom stereocenters. The minimum Gasteiger partial charge on any atom is -0.383 e. The highest BCUT2D eigenvalue weighted by Gasteiger charge is 2.08. The molecule has 0 aliphatic carbocycles. The summed E-state index contributed by atoms with van der Waals surface area (Å²) in [5.74, 6) is 2.66. The van der Waals surface area contributed by atoms with Gasteiger partial charge >= 0.3 is 0 Å². The summed E-state index contributed by atoms with van der Waals surface area (Å²) in [7, 11) is 1.69. The van der Waals surface area contributed by atoms with Gasteiger partial charge in [-0.25, -0.2) is 9.97 Å². The van der Waals surface area contributed by atoms with Crippen molar-refractivity contribution in [1.82, 2.24) is 9.97 Å². The average molecular weight is 238 g/mol. The quantitative estimate of drug-likeness (QED) is 0.710. The maximum absolute atomic E-state index is 5.02. The van der Waals surface area contributed by atoms with Crippen molar-refractivity contribution in [3.05, 3.63) is 11.4 Å². The van der Waals surface area contributed by atoms with E-state index in [0.29, 0.717) is 6.61 Å². The molecule has 5 heteroatoms. The van der Waals surface area contributed by atoms with E-state index < -0.39 is 0 Å². The molecule has 0 bridgehead atoms. The van der Waals surface area contributed by atoms with E-state index in [2.05, 4.69) is 34.4 Å². The first-order chi connectivity index (χ1) is 8.22. The fourth-order valence-electron chi connectivity index (χ4n) is 1.50. The molecule has 0 saturated carbocycles. The van der Waals surface area contributed by atoms with Crippen molar-refractivity contribution in [3.8, 4) is 0 Å². The highest BCUT2D eigenvalue weighted by molar-refractivity contribution is 5.57. The fraction of sp³-hybridized carbons (Fsp3) is 0.667. The van der Waals surface area contributed by atoms with Gasteiger partial charge in [-0.2, -0.15) is 0 Å². The molecule has 1 aromatic heterocycles. The van der Waals surface area contributed by atoms with Crippen LogP contribution in [-0.2, 0) is 11.2 Å². The van der Waals surface area contributed by atoms with E-state index in [4.69, 9.17) is 4.74 Å². The van der Waals surface area contributed by atoms with Gasteiger partial charge in [-0.1, -0.05) is 6.92 Å². The monoisotopic (exact) mass is 238 g/mol. The average Bonchev–Trinajstić information content (AvgIpc) is 2.34. The summed E-state index contributed by atoms with van der Waals surface area (Å²) in [5, 5.41) is 6.53. The molecular weight excluding hydrogens is 216 g/mol. The van der Waals surface area contributed by atoms with Crippen LogP contribution < -0.4 is 10.6 Å². The first-order valence-corrected chi connectivity index (χ1v) is 6.07. The van der Waals surface area contributed by atoms with Crippen LogP contribution >= 0.6 is 0 Å². The molecule has 0 saturated heterocycles. The van der Waals surface area contributed by atoms with Crippen molar-refractivity contribution < 1.29 is 4.74 Å². The number of hydrogen-bond donors (Lipinski definition) is 2. The number of nitrogens with zero attached hydrogens (tertiary/aromatic N) is 2. The van der Waals surface area contributed by atoms with Crippen molar-refractivity contribution in [2.24, 2.45) is 0 Å². The molecule has 0 amide bonds. The summed E-state index contributed by atoms with van der Waals surface area (Å²) in [6.45, 7) is 8.42. The largest absolute Gasteiger partial charge is 0.383 e. The van der Waals surface area contributed by atoms with Crippen molar-refractivity contribution in [3.63, 3.8) is 0 Å². The van der Waals surface area contributed by atoms with Crippen LogP contribution in [0.15, 0.2) is 0 Å². The van der Waals surface area contributed by atoms with Crippen LogP contribution in [0, 0.1) is 6.92 Å². The van der Waals surface area contributed by atoms with E-state index in [1.54, 1.807) is 7.11 Å². The Morgan fingerprint density at radius 2 is 1.76 bits per heavy atom. The Labute approximate surface area is 103 Å². The number of methoxy groups -OCH3 is 1. The maximum Gasteiger partial charge on any atom is 0.134 e. The van der Waals surface area contributed by atoms with Gasteiger partial charge in [0.2, 0.25) is 0 Å². The summed E-state index contributed by atoms with van der Waals surface area (Å²) in [6, 6.07) is 0. The highest BCUT2D eigenvalue weighted by atomic mass is 16.5. The standard InChI is InChI=1S/C12H22N4O/c1-5-10-15-11(13-6-2)9(3)12(16-10)14-7-8-17-4/h5-8H2,1-4H3,(H2,13,14,15,16). The van der Waals surface area contributed by atoms with Crippen molar-refractivity contribution in [2.75, 3.05) is 37.4 Å². The number of rotatable bonds is 7. The van der Waals surface area contributed by atoms with Gasteiger partial charge < -0.3 is 15.4 Å². The van der Waals surface area contributed by atoms with Gasteiger partial charge in [0.05, 0.1) is 6.61 Å². The number of ether oxygens (including phenoxy) is 1. The molecule has 0 atom stereocenters. The predicted molar refractivity (Wildman–Crippen MR) is 70.7 cm³/mol. The van der Waals surface area contributed by atoms with Crippen molar-refractivity contribution in [1.29, 1.82) is 0 Å². The summed E-state index contributed by atoms with van der Waals surface area (Å²) in [6.07, 6.45) is 0.831. The van der Waals surface area contributed by atoms with E-state index in [9.17, 15) is 0 Å². The molecule has 1 rings (SSSR count). The zero-order valence-corrected chi connectivity index (χ0v) is 11.1. The van der Waals surface area contributed by atoms with E-state index >= 15 is 0 Å². The van der Waals surface area contributed by atoms with Crippen LogP contribution in [0.1, 0.15) is 25.2 Å². The van der Waals surface area contributed by atoms with Gasteiger partial charge in [0.1, 0.15) is 17.5 Å². The molecule has 1 aromatic rings. The number of hydrogen-bond acceptors (Lipinski definition) is 5. The normalized spacial score (nSPS) is 10.4. The summed E-state index contributed by atoms with van der Waals surface area (Å²) in [5.41, 5.74) is 1.06. The molecule has 17 heavy (non-hydrogen) atoms. The van der Waals surface area contributed by atoms with Crippen LogP contribution in [0.2, 0.25) is 0 Å². The van der Waals surface area contributed by atoms with Gasteiger partial charge in [0.15, 0.2) is 0 Å². The lowest BCUT2D eigenvalue weighted by atomic mass is 10.3. The first-order valence-electron chi connectivity index (χ1n) is 6.07. The Kier molecular flexibility index (Phi) is 5.69. The van der Waals surface area contributed by atoms with Crippen molar-refractivity contribution >= 4 is 11.6 Å². The molecular formula is C12H22N4O. The van der Waals surface area contributed by atoms with Crippen LogP contribution in [0.4, 0.5) is 11.6 Å². The second-order valence-electron chi connectivity index (χ2n) is 3.77. The summed E-state index contributed by atoms with van der Waals surface area (Å²) < 4.78 is 5.02. The van der Waals surface area contributed by atoms with Gasteiger partial charge in [-0.05, 0) is 13.8 Å². The highest BCUT2D eigenvalue weighted by Crippen LogP contribution is 2.19. The topological polar surface area (TPSA) is 59.1 Å². The van der Waals surface area contributed by atoms with E-state index in [1.165, 1.54) is 0 Å². The number of aryl methyl sites for hydroxylation is 1. The third-order valence-electron chi connectivity index (χ3n) is 2.45. The Morgan fingerprint density at radius 3 is 2.29 bits per heavy atom. The maximum atomic E-state index is 5.02. The molecule has 0 fully saturated rings. The van der Waals surface area contributed by atoms with Gasteiger partial charge in [-0.15, -0.1) is 0 Å². The molecule has 2 N–H and O–H groups in total. The van der Waals surface area contributed by atoms with Gasteiger partial charge in [0.25, 0.3) is 0 Å². The Hall–Kier alpha value is -1.36. The molecule has 1 heterocycles. The SMILES string of the molecule is CCNc1nc(CC)nc(NCCOC)c1C. The number of nitrogens with one attached hydrogen (secondary N) is 2. The lowest BCUT2D eigenvalue weighted by Crippen LogP contribution is -2.14. The van der Waals surface area contributed by atoms with Crippen molar-refractivity contribution in [2.45, 2.75) is 27.2 Å². The Balaban J connectivity index is 2.89. The zero-order valence-electron chi connectivity index (χ0n) is 11.1. The van der Waals surface area contributed by atoms with Crippen LogP contribution in [0.5, 0.6) is 0 Å². The minimum atomic E-state index is 0.668. The molecule has 5 nitrogen and oxygen atoms in total. The summed E-state index contributed by atoms with van der Waals surface area (Å²) >= 11 is 0. The predicted octanol–water partition coefficient (Wildman–Crippen LogP) is 1.84. The molecule has 0 aromatic carbocycles. The number of aromatic nitrogens is 2. The third kappa shape index (κ3) is 3.85. The second-order valence-corrected chi connectivity index (χ2v) is 3.77. The van der Waals surface area contributed by atoms with E-state index in [0.717, 1.165) is 42.5 Å². The van der Waals surface area contributed by atoms with E-state index in [1.807, 2.05) is 6.92 Å². The smallest absolute Gasteiger partial charge is 0.134 e. The molecule has 0 aliphatic heterocycles.